The maximum Gasteiger partial charge on any atom is 0.274 e. The minimum atomic E-state index is -0.176. The minimum Gasteiger partial charge on any atom is -0.371 e. The van der Waals surface area contributed by atoms with Gasteiger partial charge in [0.1, 0.15) is 0 Å². The van der Waals surface area contributed by atoms with E-state index in [2.05, 4.69) is 41.3 Å². The standard InChI is InChI=1S/C23H28N2O2/c26-25(27)23-17-21(11-12-22(23)20-9-5-2-6-10-20)24-15-13-19(14-16-24)18-7-3-1-4-8-18/h1,3-4,7-8,11-12,17,19-20H,2,5-6,9-10,13-16H2. The van der Waals surface area contributed by atoms with E-state index in [0.717, 1.165) is 50.0 Å². The van der Waals surface area contributed by atoms with Crippen LogP contribution in [0.5, 0.6) is 0 Å². The Kier molecular flexibility index (Phi) is 5.42. The second kappa shape index (κ2) is 8.12. The lowest BCUT2D eigenvalue weighted by Crippen LogP contribution is -2.32. The van der Waals surface area contributed by atoms with Crippen molar-refractivity contribution in [3.8, 4) is 0 Å². The second-order valence-electron chi connectivity index (χ2n) is 8.01. The van der Waals surface area contributed by atoms with E-state index in [1.54, 1.807) is 0 Å². The lowest BCUT2D eigenvalue weighted by atomic mass is 9.83. The zero-order valence-corrected chi connectivity index (χ0v) is 15.8. The molecule has 0 spiro atoms. The molecule has 1 aliphatic heterocycles. The van der Waals surface area contributed by atoms with E-state index < -0.39 is 0 Å². The Hall–Kier alpha value is -2.36. The molecule has 2 aromatic rings. The van der Waals surface area contributed by atoms with Crippen molar-refractivity contribution < 1.29 is 4.92 Å². The predicted octanol–water partition coefficient (Wildman–Crippen LogP) is 6.03. The summed E-state index contributed by atoms with van der Waals surface area (Å²) in [6.07, 6.45) is 8.02. The van der Waals surface area contributed by atoms with Gasteiger partial charge in [0.2, 0.25) is 0 Å². The van der Waals surface area contributed by atoms with Gasteiger partial charge in [-0.15, -0.1) is 0 Å². The number of benzene rings is 2. The van der Waals surface area contributed by atoms with Crippen LogP contribution >= 0.6 is 0 Å². The highest BCUT2D eigenvalue weighted by Gasteiger charge is 2.26. The number of anilines is 1. The van der Waals surface area contributed by atoms with Gasteiger partial charge in [-0.3, -0.25) is 10.1 Å². The third-order valence-electron chi connectivity index (χ3n) is 6.39. The maximum atomic E-state index is 11.7. The molecule has 1 heterocycles. The predicted molar refractivity (Wildman–Crippen MR) is 110 cm³/mol. The molecule has 1 saturated carbocycles. The van der Waals surface area contributed by atoms with Crippen LogP contribution in [0.25, 0.3) is 0 Å². The highest BCUT2D eigenvalue weighted by atomic mass is 16.6. The summed E-state index contributed by atoms with van der Waals surface area (Å²) < 4.78 is 0. The Morgan fingerprint density at radius 2 is 1.56 bits per heavy atom. The number of rotatable bonds is 4. The molecule has 0 atom stereocenters. The van der Waals surface area contributed by atoms with Crippen LogP contribution in [0.4, 0.5) is 11.4 Å². The van der Waals surface area contributed by atoms with E-state index in [-0.39, 0.29) is 4.92 Å². The SMILES string of the molecule is O=[N+]([O-])c1cc(N2CCC(c3ccccc3)CC2)ccc1C1CCCCC1. The summed E-state index contributed by atoms with van der Waals surface area (Å²) in [4.78, 5) is 13.9. The van der Waals surface area contributed by atoms with Crippen molar-refractivity contribution in [3.05, 3.63) is 69.8 Å². The van der Waals surface area contributed by atoms with Gasteiger partial charge in [0.15, 0.2) is 0 Å². The number of hydrogen-bond donors (Lipinski definition) is 0. The number of nitrogens with zero attached hydrogens (tertiary/aromatic N) is 2. The second-order valence-corrected chi connectivity index (χ2v) is 8.01. The van der Waals surface area contributed by atoms with Gasteiger partial charge in [-0.1, -0.05) is 49.6 Å². The summed E-state index contributed by atoms with van der Waals surface area (Å²) in [6.45, 7) is 1.92. The van der Waals surface area contributed by atoms with Crippen molar-refractivity contribution in [2.24, 2.45) is 0 Å². The van der Waals surface area contributed by atoms with Crippen molar-refractivity contribution in [2.75, 3.05) is 18.0 Å². The van der Waals surface area contributed by atoms with Gasteiger partial charge in [0.05, 0.1) is 4.92 Å². The summed E-state index contributed by atoms with van der Waals surface area (Å²) in [7, 11) is 0. The molecule has 0 unspecified atom stereocenters. The zero-order chi connectivity index (χ0) is 18.6. The molecule has 4 nitrogen and oxygen atoms in total. The van der Waals surface area contributed by atoms with E-state index in [9.17, 15) is 10.1 Å². The van der Waals surface area contributed by atoms with Gasteiger partial charge in [0.25, 0.3) is 5.69 Å². The topological polar surface area (TPSA) is 46.4 Å². The third-order valence-corrected chi connectivity index (χ3v) is 6.39. The number of piperidine rings is 1. The molecular weight excluding hydrogens is 336 g/mol. The third kappa shape index (κ3) is 4.00. The molecule has 2 fully saturated rings. The average molecular weight is 364 g/mol. The molecular formula is C23H28N2O2. The molecule has 27 heavy (non-hydrogen) atoms. The van der Waals surface area contributed by atoms with Gasteiger partial charge in [0, 0.05) is 30.4 Å². The Morgan fingerprint density at radius 3 is 2.22 bits per heavy atom. The summed E-state index contributed by atoms with van der Waals surface area (Å²) in [5, 5.41) is 11.7. The van der Waals surface area contributed by atoms with E-state index in [1.807, 2.05) is 12.1 Å². The Morgan fingerprint density at radius 1 is 0.852 bits per heavy atom. The van der Waals surface area contributed by atoms with Gasteiger partial charge in [-0.2, -0.15) is 0 Å². The maximum absolute atomic E-state index is 11.7. The van der Waals surface area contributed by atoms with Crippen molar-refractivity contribution in [1.29, 1.82) is 0 Å². The van der Waals surface area contributed by atoms with Crippen LogP contribution in [0.2, 0.25) is 0 Å². The quantitative estimate of drug-likeness (QED) is 0.492. The molecule has 1 saturated heterocycles. The average Bonchev–Trinajstić information content (AvgIpc) is 2.75. The molecule has 1 aliphatic carbocycles. The first-order valence-electron chi connectivity index (χ1n) is 10.3. The highest BCUT2D eigenvalue weighted by Crippen LogP contribution is 2.39. The molecule has 4 heteroatoms. The smallest absolute Gasteiger partial charge is 0.274 e. The molecule has 4 rings (SSSR count). The first-order chi connectivity index (χ1) is 13.2. The fraction of sp³-hybridized carbons (Fsp3) is 0.478. The van der Waals surface area contributed by atoms with Crippen molar-refractivity contribution >= 4 is 11.4 Å². The van der Waals surface area contributed by atoms with Crippen LogP contribution in [-0.2, 0) is 0 Å². The molecule has 2 aliphatic rings. The van der Waals surface area contributed by atoms with E-state index in [0.29, 0.717) is 17.5 Å². The van der Waals surface area contributed by atoms with E-state index in [1.165, 1.54) is 24.8 Å². The van der Waals surface area contributed by atoms with Crippen LogP contribution in [0.1, 0.15) is 67.9 Å². The van der Waals surface area contributed by atoms with E-state index >= 15 is 0 Å². The Labute approximate surface area is 161 Å². The van der Waals surface area contributed by atoms with Crippen molar-refractivity contribution in [2.45, 2.75) is 56.8 Å². The summed E-state index contributed by atoms with van der Waals surface area (Å²) in [5.74, 6) is 0.955. The van der Waals surface area contributed by atoms with Gasteiger partial charge in [-0.25, -0.2) is 0 Å². The zero-order valence-electron chi connectivity index (χ0n) is 15.8. The number of hydrogen-bond acceptors (Lipinski definition) is 3. The molecule has 0 amide bonds. The van der Waals surface area contributed by atoms with Gasteiger partial charge in [-0.05, 0) is 55.2 Å². The molecule has 2 aromatic carbocycles. The van der Waals surface area contributed by atoms with Gasteiger partial charge >= 0.3 is 0 Å². The summed E-state index contributed by atoms with van der Waals surface area (Å²) >= 11 is 0. The fourth-order valence-corrected chi connectivity index (χ4v) is 4.84. The number of nitro benzene ring substituents is 1. The van der Waals surface area contributed by atoms with Crippen molar-refractivity contribution in [3.63, 3.8) is 0 Å². The molecule has 0 aromatic heterocycles. The molecule has 0 radical (unpaired) electrons. The molecule has 0 bridgehead atoms. The van der Waals surface area contributed by atoms with Crippen LogP contribution in [0, 0.1) is 10.1 Å². The first-order valence-corrected chi connectivity index (χ1v) is 10.3. The summed E-state index contributed by atoms with van der Waals surface area (Å²) in [5.41, 5.74) is 3.69. The lowest BCUT2D eigenvalue weighted by molar-refractivity contribution is -0.385. The Bertz CT molecular complexity index is 776. The first kappa shape index (κ1) is 18.0. The largest absolute Gasteiger partial charge is 0.371 e. The van der Waals surface area contributed by atoms with Gasteiger partial charge < -0.3 is 4.90 Å². The van der Waals surface area contributed by atoms with Crippen molar-refractivity contribution in [1.82, 2.24) is 0 Å². The van der Waals surface area contributed by atoms with Crippen LogP contribution in [0.3, 0.4) is 0 Å². The highest BCUT2D eigenvalue weighted by molar-refractivity contribution is 5.58. The lowest BCUT2D eigenvalue weighted by Gasteiger charge is -2.34. The fourth-order valence-electron chi connectivity index (χ4n) is 4.84. The van der Waals surface area contributed by atoms with E-state index in [4.69, 9.17) is 0 Å². The molecule has 0 N–H and O–H groups in total. The number of nitro groups is 1. The van der Waals surface area contributed by atoms with Crippen LogP contribution < -0.4 is 4.90 Å². The minimum absolute atomic E-state index is 0.176. The monoisotopic (exact) mass is 364 g/mol. The van der Waals surface area contributed by atoms with Crippen LogP contribution in [-0.4, -0.2) is 18.0 Å². The Balaban J connectivity index is 1.49. The normalized spacial score (nSPS) is 19.2. The van der Waals surface area contributed by atoms with Crippen LogP contribution in [0.15, 0.2) is 48.5 Å². The summed E-state index contributed by atoms with van der Waals surface area (Å²) in [6, 6.07) is 16.7. The molecule has 142 valence electrons.